The largest absolute Gasteiger partial charge is 0.468 e. The number of nitrogens with one attached hydrogen (secondary N) is 2. The Bertz CT molecular complexity index is 1200. The van der Waals surface area contributed by atoms with Gasteiger partial charge in [-0.15, -0.1) is 0 Å². The molecule has 1 aliphatic rings. The number of aliphatic hydroxyl groups is 1. The number of halogens is 1. The molecular formula is C21H27FN3O9P. The van der Waals surface area contributed by atoms with Gasteiger partial charge in [0.2, 0.25) is 0 Å². The lowest BCUT2D eigenvalue weighted by Gasteiger charge is -2.29. The number of alkyl halides is 1. The molecule has 2 heterocycles. The number of aromatic amines is 1. The zero-order valence-corrected chi connectivity index (χ0v) is 20.3. The quantitative estimate of drug-likeness (QED) is 0.328. The Labute approximate surface area is 199 Å². The second-order valence-corrected chi connectivity index (χ2v) is 9.80. The first-order chi connectivity index (χ1) is 16.4. The summed E-state index contributed by atoms with van der Waals surface area (Å²) < 4.78 is 51.3. The maximum absolute atomic E-state index is 15.5. The van der Waals surface area contributed by atoms with E-state index in [4.69, 9.17) is 13.8 Å². The Balaban J connectivity index is 1.87. The number of methoxy groups -OCH3 is 1. The zero-order chi connectivity index (χ0) is 26.0. The number of aromatic nitrogens is 2. The van der Waals surface area contributed by atoms with Gasteiger partial charge in [0.25, 0.3) is 5.56 Å². The molecule has 0 spiro atoms. The van der Waals surface area contributed by atoms with Gasteiger partial charge >= 0.3 is 19.4 Å². The highest BCUT2D eigenvalue weighted by molar-refractivity contribution is 7.52. The molecule has 1 fully saturated rings. The van der Waals surface area contributed by atoms with Crippen LogP contribution in [-0.2, 0) is 23.4 Å². The molecule has 0 radical (unpaired) electrons. The van der Waals surface area contributed by atoms with E-state index in [1.807, 2.05) is 4.98 Å². The van der Waals surface area contributed by atoms with E-state index < -0.39 is 61.2 Å². The normalized spacial score (nSPS) is 27.5. The first kappa shape index (κ1) is 26.8. The van der Waals surface area contributed by atoms with Gasteiger partial charge < -0.3 is 19.1 Å². The number of carbonyl (C=O) groups is 1. The predicted octanol–water partition coefficient (Wildman–Crippen LogP) is 1.27. The molecule has 0 amide bonds. The number of nitrogens with zero attached hydrogens (tertiary/aromatic N) is 1. The fourth-order valence-electron chi connectivity index (χ4n) is 3.58. The van der Waals surface area contributed by atoms with Crippen molar-refractivity contribution < 1.29 is 37.4 Å². The lowest BCUT2D eigenvalue weighted by atomic mass is 9.96. The molecule has 7 atom stereocenters. The van der Waals surface area contributed by atoms with E-state index in [2.05, 4.69) is 9.82 Å². The van der Waals surface area contributed by atoms with Gasteiger partial charge in [-0.1, -0.05) is 18.2 Å². The number of aliphatic hydroxyl groups excluding tert-OH is 1. The van der Waals surface area contributed by atoms with Crippen LogP contribution in [0.5, 0.6) is 5.75 Å². The number of H-pyrrole nitrogens is 1. The molecule has 1 saturated heterocycles. The Kier molecular flexibility index (Phi) is 7.97. The van der Waals surface area contributed by atoms with E-state index in [0.29, 0.717) is 0 Å². The number of rotatable bonds is 9. The second-order valence-electron chi connectivity index (χ2n) is 8.15. The van der Waals surface area contributed by atoms with Crippen molar-refractivity contribution in [2.24, 2.45) is 0 Å². The average molecular weight is 515 g/mol. The van der Waals surface area contributed by atoms with Crippen molar-refractivity contribution in [2.45, 2.75) is 57.0 Å². The van der Waals surface area contributed by atoms with Crippen molar-refractivity contribution in [2.75, 3.05) is 7.11 Å². The Hall–Kier alpha value is -2.83. The van der Waals surface area contributed by atoms with Crippen LogP contribution >= 0.6 is 7.75 Å². The standard InChI is InChI=1S/C21H27FN3O9P/c1-12(18(28)31-4)24-35(30,34-14-8-6-5-7-9-14)33-13(2)16-17(27)21(3,22)19(32-16)25-11-10-15(26)23-20(25)29/h5-13,16-17,19,27H,1-4H3,(H,24,30)(H,23,26,29). The lowest BCUT2D eigenvalue weighted by Crippen LogP contribution is -2.45. The molecule has 35 heavy (non-hydrogen) atoms. The van der Waals surface area contributed by atoms with Crippen molar-refractivity contribution in [1.82, 2.24) is 14.6 Å². The predicted molar refractivity (Wildman–Crippen MR) is 121 cm³/mol. The number of para-hydroxylation sites is 1. The van der Waals surface area contributed by atoms with Crippen molar-refractivity contribution in [3.8, 4) is 5.75 Å². The van der Waals surface area contributed by atoms with Crippen LogP contribution in [0.3, 0.4) is 0 Å². The topological polar surface area (TPSA) is 158 Å². The molecule has 2 aromatic rings. The molecule has 3 N–H and O–H groups in total. The van der Waals surface area contributed by atoms with E-state index >= 15 is 4.39 Å². The maximum Gasteiger partial charge on any atom is 0.459 e. The van der Waals surface area contributed by atoms with Gasteiger partial charge in [-0.3, -0.25) is 23.7 Å². The summed E-state index contributed by atoms with van der Waals surface area (Å²) in [6.45, 7) is 3.75. The second kappa shape index (κ2) is 10.4. The van der Waals surface area contributed by atoms with Crippen LogP contribution in [0.15, 0.2) is 52.2 Å². The summed E-state index contributed by atoms with van der Waals surface area (Å²) in [7, 11) is -3.18. The molecule has 192 valence electrons. The summed E-state index contributed by atoms with van der Waals surface area (Å²) in [6.07, 6.45) is -5.11. The van der Waals surface area contributed by atoms with Crippen LogP contribution in [0.2, 0.25) is 0 Å². The summed E-state index contributed by atoms with van der Waals surface area (Å²) >= 11 is 0. The summed E-state index contributed by atoms with van der Waals surface area (Å²) in [6, 6.07) is 7.84. The summed E-state index contributed by atoms with van der Waals surface area (Å²) in [5.74, 6) is -0.599. The molecule has 0 saturated carbocycles. The van der Waals surface area contributed by atoms with Crippen molar-refractivity contribution in [3.63, 3.8) is 0 Å². The zero-order valence-electron chi connectivity index (χ0n) is 19.4. The number of hydrogen-bond donors (Lipinski definition) is 3. The first-order valence-corrected chi connectivity index (χ1v) is 12.1. The molecule has 3 rings (SSSR count). The molecule has 1 aliphatic heterocycles. The molecule has 1 aromatic heterocycles. The van der Waals surface area contributed by atoms with Crippen LogP contribution in [0, 0.1) is 0 Å². The van der Waals surface area contributed by atoms with Crippen LogP contribution in [0.1, 0.15) is 27.0 Å². The van der Waals surface area contributed by atoms with E-state index in [1.54, 1.807) is 18.2 Å². The highest BCUT2D eigenvalue weighted by atomic mass is 31.2. The third-order valence-electron chi connectivity index (χ3n) is 5.41. The van der Waals surface area contributed by atoms with Crippen LogP contribution in [0.25, 0.3) is 0 Å². The summed E-state index contributed by atoms with van der Waals surface area (Å²) in [4.78, 5) is 37.4. The average Bonchev–Trinajstić information content (AvgIpc) is 3.02. The number of esters is 1. The van der Waals surface area contributed by atoms with Gasteiger partial charge in [-0.25, -0.2) is 13.8 Å². The SMILES string of the molecule is COC(=O)C(C)NP(=O)(Oc1ccccc1)OC(C)C1OC(n2ccc(=O)[nH]c2=O)C(C)(F)C1O. The van der Waals surface area contributed by atoms with Crippen LogP contribution < -0.4 is 20.9 Å². The van der Waals surface area contributed by atoms with Crippen molar-refractivity contribution >= 4 is 13.7 Å². The van der Waals surface area contributed by atoms with Crippen LogP contribution in [-0.4, -0.2) is 57.8 Å². The fourth-order valence-corrected chi connectivity index (χ4v) is 5.28. The lowest BCUT2D eigenvalue weighted by molar-refractivity contribution is -0.142. The Morgan fingerprint density at radius 1 is 1.29 bits per heavy atom. The van der Waals surface area contributed by atoms with Gasteiger partial charge in [0.1, 0.15) is 24.0 Å². The van der Waals surface area contributed by atoms with E-state index in [-0.39, 0.29) is 5.75 Å². The van der Waals surface area contributed by atoms with E-state index in [9.17, 15) is 24.1 Å². The Morgan fingerprint density at radius 3 is 2.54 bits per heavy atom. The van der Waals surface area contributed by atoms with Crippen molar-refractivity contribution in [1.29, 1.82) is 0 Å². The van der Waals surface area contributed by atoms with Gasteiger partial charge in [-0.2, -0.15) is 5.09 Å². The summed E-state index contributed by atoms with van der Waals surface area (Å²) in [5, 5.41) is 13.1. The van der Waals surface area contributed by atoms with Gasteiger partial charge in [-0.05, 0) is 32.9 Å². The minimum absolute atomic E-state index is 0.147. The molecule has 14 heteroatoms. The molecule has 0 bridgehead atoms. The molecule has 12 nitrogen and oxygen atoms in total. The third-order valence-corrected chi connectivity index (χ3v) is 7.17. The van der Waals surface area contributed by atoms with E-state index in [0.717, 1.165) is 30.9 Å². The molecular weight excluding hydrogens is 488 g/mol. The maximum atomic E-state index is 15.5. The van der Waals surface area contributed by atoms with Crippen LogP contribution in [0.4, 0.5) is 4.39 Å². The number of hydrogen-bond acceptors (Lipinski definition) is 9. The molecule has 1 aromatic carbocycles. The smallest absolute Gasteiger partial charge is 0.459 e. The fraction of sp³-hybridized carbons (Fsp3) is 0.476. The number of benzene rings is 1. The Morgan fingerprint density at radius 2 is 1.94 bits per heavy atom. The van der Waals surface area contributed by atoms with Gasteiger partial charge in [0, 0.05) is 12.3 Å². The van der Waals surface area contributed by atoms with Gasteiger partial charge in [0.15, 0.2) is 11.9 Å². The van der Waals surface area contributed by atoms with Gasteiger partial charge in [0.05, 0.1) is 13.2 Å². The molecule has 7 unspecified atom stereocenters. The monoisotopic (exact) mass is 515 g/mol. The van der Waals surface area contributed by atoms with Crippen molar-refractivity contribution in [3.05, 3.63) is 63.4 Å². The highest BCUT2D eigenvalue weighted by Crippen LogP contribution is 2.49. The number of ether oxygens (including phenoxy) is 2. The highest BCUT2D eigenvalue weighted by Gasteiger charge is 2.57. The summed E-state index contributed by atoms with van der Waals surface area (Å²) in [5.41, 5.74) is -4.13. The molecule has 0 aliphatic carbocycles. The first-order valence-electron chi connectivity index (χ1n) is 10.6. The third kappa shape index (κ3) is 5.88. The minimum Gasteiger partial charge on any atom is -0.468 e. The van der Waals surface area contributed by atoms with E-state index in [1.165, 1.54) is 26.0 Å². The minimum atomic E-state index is -4.33. The number of carbonyl (C=O) groups excluding carboxylic acids is 1.